The SMILES string of the molecule is Cl.O[C@@H]1CCN[C@H]1Cc1ccccc1. The maximum Gasteiger partial charge on any atom is 0.0708 e. The summed E-state index contributed by atoms with van der Waals surface area (Å²) in [6.07, 6.45) is 1.65. The molecule has 1 saturated heterocycles. The molecular weight excluding hydrogens is 198 g/mol. The molecule has 0 spiro atoms. The van der Waals surface area contributed by atoms with E-state index in [1.165, 1.54) is 5.56 Å². The van der Waals surface area contributed by atoms with E-state index < -0.39 is 0 Å². The van der Waals surface area contributed by atoms with Gasteiger partial charge in [-0.2, -0.15) is 0 Å². The Kier molecular flexibility index (Phi) is 4.39. The van der Waals surface area contributed by atoms with Crippen LogP contribution in [0.4, 0.5) is 0 Å². The Balaban J connectivity index is 0.000000980. The van der Waals surface area contributed by atoms with Crippen molar-refractivity contribution in [3.63, 3.8) is 0 Å². The highest BCUT2D eigenvalue weighted by Gasteiger charge is 2.24. The predicted octanol–water partition coefficient (Wildman–Crippen LogP) is 1.37. The summed E-state index contributed by atoms with van der Waals surface area (Å²) in [6, 6.07) is 10.6. The average Bonchev–Trinajstić information content (AvgIpc) is 2.54. The van der Waals surface area contributed by atoms with Crippen molar-refractivity contribution in [3.05, 3.63) is 35.9 Å². The second-order valence-corrected chi connectivity index (χ2v) is 3.61. The van der Waals surface area contributed by atoms with Gasteiger partial charge in [-0.05, 0) is 24.9 Å². The fourth-order valence-electron chi connectivity index (χ4n) is 1.83. The summed E-state index contributed by atoms with van der Waals surface area (Å²) >= 11 is 0. The fraction of sp³-hybridized carbons (Fsp3) is 0.455. The Morgan fingerprint density at radius 3 is 2.57 bits per heavy atom. The zero-order valence-corrected chi connectivity index (χ0v) is 8.83. The lowest BCUT2D eigenvalue weighted by molar-refractivity contribution is 0.159. The highest BCUT2D eigenvalue weighted by atomic mass is 35.5. The van der Waals surface area contributed by atoms with Gasteiger partial charge in [0.25, 0.3) is 0 Å². The first kappa shape index (κ1) is 11.5. The molecule has 2 N–H and O–H groups in total. The largest absolute Gasteiger partial charge is 0.391 e. The molecule has 2 atom stereocenters. The summed E-state index contributed by atoms with van der Waals surface area (Å²) in [5.41, 5.74) is 1.29. The first-order valence-corrected chi connectivity index (χ1v) is 4.81. The van der Waals surface area contributed by atoms with Gasteiger partial charge in [0, 0.05) is 6.04 Å². The van der Waals surface area contributed by atoms with Crippen LogP contribution in [0.25, 0.3) is 0 Å². The summed E-state index contributed by atoms with van der Waals surface area (Å²) in [4.78, 5) is 0. The van der Waals surface area contributed by atoms with Crippen LogP contribution in [0.2, 0.25) is 0 Å². The smallest absolute Gasteiger partial charge is 0.0708 e. The van der Waals surface area contributed by atoms with Crippen LogP contribution in [-0.4, -0.2) is 23.8 Å². The molecule has 1 heterocycles. The van der Waals surface area contributed by atoms with Crippen LogP contribution in [0.15, 0.2) is 30.3 Å². The molecule has 0 unspecified atom stereocenters. The molecule has 1 fully saturated rings. The van der Waals surface area contributed by atoms with Crippen molar-refractivity contribution < 1.29 is 5.11 Å². The number of benzene rings is 1. The minimum Gasteiger partial charge on any atom is -0.391 e. The molecule has 0 aromatic heterocycles. The lowest BCUT2D eigenvalue weighted by atomic mass is 10.0. The summed E-state index contributed by atoms with van der Waals surface area (Å²) in [5.74, 6) is 0. The summed E-state index contributed by atoms with van der Waals surface area (Å²) < 4.78 is 0. The number of hydrogen-bond donors (Lipinski definition) is 2. The number of rotatable bonds is 2. The Bertz CT molecular complexity index is 265. The topological polar surface area (TPSA) is 32.3 Å². The van der Waals surface area contributed by atoms with Crippen LogP contribution in [-0.2, 0) is 6.42 Å². The van der Waals surface area contributed by atoms with Crippen LogP contribution in [0.5, 0.6) is 0 Å². The summed E-state index contributed by atoms with van der Waals surface area (Å²) in [5, 5.41) is 12.9. The molecule has 1 aliphatic heterocycles. The molecule has 0 radical (unpaired) electrons. The molecule has 1 aromatic rings. The summed E-state index contributed by atoms with van der Waals surface area (Å²) in [6.45, 7) is 0.943. The maximum atomic E-state index is 9.59. The van der Waals surface area contributed by atoms with Gasteiger partial charge >= 0.3 is 0 Å². The van der Waals surface area contributed by atoms with Gasteiger partial charge in [-0.15, -0.1) is 12.4 Å². The molecule has 3 heteroatoms. The van der Waals surface area contributed by atoms with Crippen molar-refractivity contribution in [3.8, 4) is 0 Å². The molecule has 78 valence electrons. The molecule has 1 aromatic carbocycles. The maximum absolute atomic E-state index is 9.59. The van der Waals surface area contributed by atoms with Gasteiger partial charge in [0.15, 0.2) is 0 Å². The zero-order chi connectivity index (χ0) is 9.10. The number of aliphatic hydroxyl groups is 1. The van der Waals surface area contributed by atoms with Crippen molar-refractivity contribution >= 4 is 12.4 Å². The van der Waals surface area contributed by atoms with Gasteiger partial charge in [-0.25, -0.2) is 0 Å². The second kappa shape index (κ2) is 5.35. The van der Waals surface area contributed by atoms with Gasteiger partial charge in [0.05, 0.1) is 6.10 Å². The van der Waals surface area contributed by atoms with Crippen LogP contribution < -0.4 is 5.32 Å². The van der Waals surface area contributed by atoms with E-state index in [4.69, 9.17) is 0 Å². The standard InChI is InChI=1S/C11H15NO.ClH/c13-11-6-7-12-10(11)8-9-4-2-1-3-5-9;/h1-5,10-13H,6-8H2;1H/t10-,11+;/m0./s1. The minimum absolute atomic E-state index is 0. The highest BCUT2D eigenvalue weighted by molar-refractivity contribution is 5.85. The molecule has 14 heavy (non-hydrogen) atoms. The predicted molar refractivity (Wildman–Crippen MR) is 59.8 cm³/mol. The van der Waals surface area contributed by atoms with E-state index in [1.807, 2.05) is 18.2 Å². The minimum atomic E-state index is -0.166. The average molecular weight is 214 g/mol. The van der Waals surface area contributed by atoms with E-state index in [9.17, 15) is 5.11 Å². The normalized spacial score (nSPS) is 25.8. The molecule has 0 bridgehead atoms. The molecule has 0 saturated carbocycles. The first-order valence-electron chi connectivity index (χ1n) is 4.81. The lowest BCUT2D eigenvalue weighted by Gasteiger charge is -2.14. The van der Waals surface area contributed by atoms with Crippen molar-refractivity contribution in [1.29, 1.82) is 0 Å². The van der Waals surface area contributed by atoms with E-state index in [0.717, 1.165) is 19.4 Å². The van der Waals surface area contributed by atoms with Crippen LogP contribution in [0, 0.1) is 0 Å². The van der Waals surface area contributed by atoms with Crippen molar-refractivity contribution in [1.82, 2.24) is 5.32 Å². The Hall–Kier alpha value is -0.570. The number of halogens is 1. The third-order valence-electron chi connectivity index (χ3n) is 2.61. The van der Waals surface area contributed by atoms with Crippen molar-refractivity contribution in [2.24, 2.45) is 0 Å². The van der Waals surface area contributed by atoms with Gasteiger partial charge in [0.1, 0.15) is 0 Å². The number of aliphatic hydroxyl groups excluding tert-OH is 1. The third-order valence-corrected chi connectivity index (χ3v) is 2.61. The monoisotopic (exact) mass is 213 g/mol. The van der Waals surface area contributed by atoms with E-state index in [1.54, 1.807) is 0 Å². The van der Waals surface area contributed by atoms with Gasteiger partial charge in [-0.3, -0.25) is 0 Å². The zero-order valence-electron chi connectivity index (χ0n) is 8.02. The van der Waals surface area contributed by atoms with Crippen LogP contribution in [0.1, 0.15) is 12.0 Å². The molecule has 2 nitrogen and oxygen atoms in total. The Morgan fingerprint density at radius 2 is 2.00 bits per heavy atom. The van der Waals surface area contributed by atoms with Gasteiger partial charge in [0.2, 0.25) is 0 Å². The molecule has 0 aliphatic carbocycles. The number of hydrogen-bond acceptors (Lipinski definition) is 2. The van der Waals surface area contributed by atoms with Crippen molar-refractivity contribution in [2.75, 3.05) is 6.54 Å². The molecule has 1 aliphatic rings. The van der Waals surface area contributed by atoms with Crippen LogP contribution >= 0.6 is 12.4 Å². The van der Waals surface area contributed by atoms with Crippen LogP contribution in [0.3, 0.4) is 0 Å². The van der Waals surface area contributed by atoms with E-state index in [0.29, 0.717) is 0 Å². The van der Waals surface area contributed by atoms with E-state index in [2.05, 4.69) is 17.4 Å². The third kappa shape index (κ3) is 2.71. The lowest BCUT2D eigenvalue weighted by Crippen LogP contribution is -2.32. The first-order chi connectivity index (χ1) is 6.36. The number of nitrogens with one attached hydrogen (secondary N) is 1. The molecule has 0 amide bonds. The highest BCUT2D eigenvalue weighted by Crippen LogP contribution is 2.12. The second-order valence-electron chi connectivity index (χ2n) is 3.61. The Labute approximate surface area is 90.7 Å². The Morgan fingerprint density at radius 1 is 1.29 bits per heavy atom. The quantitative estimate of drug-likeness (QED) is 0.778. The molecular formula is C11H16ClNO. The van der Waals surface area contributed by atoms with Crippen molar-refractivity contribution in [2.45, 2.75) is 25.0 Å². The van der Waals surface area contributed by atoms with E-state index >= 15 is 0 Å². The summed E-state index contributed by atoms with van der Waals surface area (Å²) in [7, 11) is 0. The van der Waals surface area contributed by atoms with Gasteiger partial charge < -0.3 is 10.4 Å². The molecule has 2 rings (SSSR count). The fourth-order valence-corrected chi connectivity index (χ4v) is 1.83. The van der Waals surface area contributed by atoms with Gasteiger partial charge in [-0.1, -0.05) is 30.3 Å². The van der Waals surface area contributed by atoms with E-state index in [-0.39, 0.29) is 24.6 Å².